The Labute approximate surface area is 172 Å². The molecular formula is C17H28N4O7S. The summed E-state index contributed by atoms with van der Waals surface area (Å²) in [5, 5.41) is 22.4. The number of carbonyl (C=O) groups is 5. The molecule has 164 valence electrons. The van der Waals surface area contributed by atoms with Gasteiger partial charge < -0.3 is 31.5 Å². The second kappa shape index (κ2) is 12.3. The van der Waals surface area contributed by atoms with Crippen molar-refractivity contribution in [3.05, 3.63) is 0 Å². The Kier molecular flexibility index (Phi) is 10.5. The molecule has 1 aliphatic rings. The number of likely N-dealkylation sites (tertiary alicyclic amines) is 1. The number of carbonyl (C=O) groups excluding carboxylic acids is 3. The highest BCUT2D eigenvalue weighted by molar-refractivity contribution is 7.98. The van der Waals surface area contributed by atoms with Crippen LogP contribution in [-0.2, 0) is 24.0 Å². The molecular weight excluding hydrogens is 404 g/mol. The first-order valence-electron chi connectivity index (χ1n) is 9.24. The molecule has 1 rings (SSSR count). The average Bonchev–Trinajstić information content (AvgIpc) is 3.16. The van der Waals surface area contributed by atoms with Gasteiger partial charge in [-0.3, -0.25) is 24.0 Å². The third-order valence-corrected chi connectivity index (χ3v) is 5.13. The predicted molar refractivity (Wildman–Crippen MR) is 105 cm³/mol. The Morgan fingerprint density at radius 3 is 2.45 bits per heavy atom. The Bertz CT molecular complexity index is 631. The van der Waals surface area contributed by atoms with Gasteiger partial charge in [0.1, 0.15) is 18.6 Å². The number of amides is 3. The molecule has 1 aliphatic heterocycles. The van der Waals surface area contributed by atoms with E-state index < -0.39 is 54.3 Å². The van der Waals surface area contributed by atoms with Crippen molar-refractivity contribution < 1.29 is 34.2 Å². The van der Waals surface area contributed by atoms with Gasteiger partial charge in [0.05, 0.1) is 6.04 Å². The van der Waals surface area contributed by atoms with Crippen molar-refractivity contribution in [1.29, 1.82) is 0 Å². The van der Waals surface area contributed by atoms with Crippen LogP contribution in [-0.4, -0.2) is 88.0 Å². The van der Waals surface area contributed by atoms with Gasteiger partial charge in [-0.15, -0.1) is 0 Å². The molecule has 0 aromatic heterocycles. The van der Waals surface area contributed by atoms with Gasteiger partial charge in [-0.1, -0.05) is 0 Å². The minimum absolute atomic E-state index is 0.144. The summed E-state index contributed by atoms with van der Waals surface area (Å²) in [7, 11) is 0. The number of nitrogens with one attached hydrogen (secondary N) is 2. The summed E-state index contributed by atoms with van der Waals surface area (Å²) >= 11 is 1.52. The first-order valence-corrected chi connectivity index (χ1v) is 10.6. The molecule has 1 heterocycles. The largest absolute Gasteiger partial charge is 0.481 e. The second-order valence-electron chi connectivity index (χ2n) is 6.68. The summed E-state index contributed by atoms with van der Waals surface area (Å²) < 4.78 is 0. The molecule has 0 saturated carbocycles. The zero-order chi connectivity index (χ0) is 22.0. The fraction of sp³-hybridized carbons (Fsp3) is 0.706. The lowest BCUT2D eigenvalue weighted by Crippen LogP contribution is -2.56. The van der Waals surface area contributed by atoms with Gasteiger partial charge in [0.15, 0.2) is 0 Å². The van der Waals surface area contributed by atoms with Crippen LogP contribution in [0.5, 0.6) is 0 Å². The summed E-state index contributed by atoms with van der Waals surface area (Å²) in [6.07, 6.45) is 2.66. The lowest BCUT2D eigenvalue weighted by Gasteiger charge is -2.29. The molecule has 29 heavy (non-hydrogen) atoms. The number of nitrogens with two attached hydrogens (primary N) is 1. The van der Waals surface area contributed by atoms with Crippen molar-refractivity contribution in [2.75, 3.05) is 25.1 Å². The van der Waals surface area contributed by atoms with Crippen molar-refractivity contribution in [2.24, 2.45) is 5.73 Å². The third kappa shape index (κ3) is 8.28. The van der Waals surface area contributed by atoms with Crippen LogP contribution >= 0.6 is 11.8 Å². The Morgan fingerprint density at radius 2 is 1.86 bits per heavy atom. The van der Waals surface area contributed by atoms with E-state index in [2.05, 4.69) is 10.6 Å². The molecule has 11 nitrogen and oxygen atoms in total. The Hall–Kier alpha value is -2.34. The van der Waals surface area contributed by atoms with E-state index in [0.717, 1.165) is 0 Å². The van der Waals surface area contributed by atoms with Gasteiger partial charge in [0.2, 0.25) is 17.7 Å². The highest BCUT2D eigenvalue weighted by Gasteiger charge is 2.38. The highest BCUT2D eigenvalue weighted by atomic mass is 32.2. The van der Waals surface area contributed by atoms with Crippen molar-refractivity contribution >= 4 is 41.4 Å². The predicted octanol–water partition coefficient (Wildman–Crippen LogP) is -1.39. The van der Waals surface area contributed by atoms with Crippen LogP contribution in [0, 0.1) is 0 Å². The molecule has 0 bridgehead atoms. The van der Waals surface area contributed by atoms with Gasteiger partial charge in [-0.05, 0) is 37.7 Å². The molecule has 0 radical (unpaired) electrons. The van der Waals surface area contributed by atoms with Crippen molar-refractivity contribution in [1.82, 2.24) is 15.5 Å². The minimum atomic E-state index is -1.21. The number of hydrogen-bond donors (Lipinski definition) is 5. The molecule has 3 amide bonds. The van der Waals surface area contributed by atoms with Crippen LogP contribution in [0.15, 0.2) is 0 Å². The van der Waals surface area contributed by atoms with Gasteiger partial charge in [0, 0.05) is 13.0 Å². The lowest BCUT2D eigenvalue weighted by molar-refractivity contribution is -0.143. The summed E-state index contributed by atoms with van der Waals surface area (Å²) in [6.45, 7) is -0.317. The maximum Gasteiger partial charge on any atom is 0.322 e. The van der Waals surface area contributed by atoms with Crippen LogP contribution in [0.25, 0.3) is 0 Å². The van der Waals surface area contributed by atoms with Crippen LogP contribution in [0.1, 0.15) is 32.1 Å². The highest BCUT2D eigenvalue weighted by Crippen LogP contribution is 2.20. The van der Waals surface area contributed by atoms with E-state index in [9.17, 15) is 24.0 Å². The van der Waals surface area contributed by atoms with Gasteiger partial charge in [-0.25, -0.2) is 0 Å². The van der Waals surface area contributed by atoms with Crippen LogP contribution < -0.4 is 16.4 Å². The van der Waals surface area contributed by atoms with E-state index >= 15 is 0 Å². The monoisotopic (exact) mass is 432 g/mol. The van der Waals surface area contributed by atoms with E-state index in [4.69, 9.17) is 15.9 Å². The summed E-state index contributed by atoms with van der Waals surface area (Å²) in [5.74, 6) is -3.42. The first kappa shape index (κ1) is 24.7. The lowest BCUT2D eigenvalue weighted by atomic mass is 10.1. The van der Waals surface area contributed by atoms with Gasteiger partial charge in [-0.2, -0.15) is 11.8 Å². The van der Waals surface area contributed by atoms with Crippen LogP contribution in [0.2, 0.25) is 0 Å². The molecule has 0 aliphatic carbocycles. The van der Waals surface area contributed by atoms with E-state index in [-0.39, 0.29) is 19.4 Å². The van der Waals surface area contributed by atoms with E-state index in [1.807, 2.05) is 6.26 Å². The molecule has 3 unspecified atom stereocenters. The number of rotatable bonds is 12. The Balaban J connectivity index is 2.85. The van der Waals surface area contributed by atoms with Gasteiger partial charge >= 0.3 is 11.9 Å². The summed E-state index contributed by atoms with van der Waals surface area (Å²) in [4.78, 5) is 60.3. The standard InChI is InChI=1S/C17H28N4O7S/c1-29-8-6-10(18)15(26)20-11(4-5-13(22)23)17(28)21-7-2-3-12(21)16(27)19-9-14(24)25/h10-12H,2-9,18H2,1H3,(H,19,27)(H,20,26)(H,22,23)(H,24,25). The second-order valence-corrected chi connectivity index (χ2v) is 7.67. The fourth-order valence-corrected chi connectivity index (χ4v) is 3.45. The average molecular weight is 432 g/mol. The molecule has 3 atom stereocenters. The zero-order valence-electron chi connectivity index (χ0n) is 16.3. The fourth-order valence-electron chi connectivity index (χ4n) is 2.96. The SMILES string of the molecule is CSCCC(N)C(=O)NC(CCC(=O)O)C(=O)N1CCCC1C(=O)NCC(=O)O. The topological polar surface area (TPSA) is 179 Å². The molecule has 12 heteroatoms. The number of thioether (sulfide) groups is 1. The van der Waals surface area contributed by atoms with Crippen molar-refractivity contribution in [3.63, 3.8) is 0 Å². The van der Waals surface area contributed by atoms with Crippen LogP contribution in [0.3, 0.4) is 0 Å². The number of carboxylic acids is 2. The minimum Gasteiger partial charge on any atom is -0.481 e. The quantitative estimate of drug-likeness (QED) is 0.248. The smallest absolute Gasteiger partial charge is 0.322 e. The van der Waals surface area contributed by atoms with E-state index in [1.54, 1.807) is 0 Å². The van der Waals surface area contributed by atoms with Gasteiger partial charge in [0.25, 0.3) is 0 Å². The number of nitrogens with zero attached hydrogens (tertiary/aromatic N) is 1. The number of carboxylic acid groups (broad SMARTS) is 2. The molecule has 0 aromatic rings. The molecule has 0 spiro atoms. The molecule has 0 aromatic carbocycles. The van der Waals surface area contributed by atoms with Crippen LogP contribution in [0.4, 0.5) is 0 Å². The summed E-state index contributed by atoms with van der Waals surface area (Å²) in [5.41, 5.74) is 5.82. The summed E-state index contributed by atoms with van der Waals surface area (Å²) in [6, 6.07) is -2.83. The molecule has 1 saturated heterocycles. The number of hydrogen-bond acceptors (Lipinski definition) is 7. The number of aliphatic carboxylic acids is 2. The maximum atomic E-state index is 13.0. The van der Waals surface area contributed by atoms with E-state index in [0.29, 0.717) is 25.0 Å². The first-order chi connectivity index (χ1) is 13.7. The molecule has 1 fully saturated rings. The normalized spacial score (nSPS) is 18.0. The third-order valence-electron chi connectivity index (χ3n) is 4.48. The molecule has 6 N–H and O–H groups in total. The van der Waals surface area contributed by atoms with E-state index in [1.165, 1.54) is 16.7 Å². The Morgan fingerprint density at radius 1 is 1.17 bits per heavy atom. The van der Waals surface area contributed by atoms with Crippen molar-refractivity contribution in [3.8, 4) is 0 Å². The zero-order valence-corrected chi connectivity index (χ0v) is 17.1. The maximum absolute atomic E-state index is 13.0. The van der Waals surface area contributed by atoms with Crippen molar-refractivity contribution in [2.45, 2.75) is 50.2 Å².